The SMILES string of the molecule is O=C(/C=C/c1ccccc1)c1ccc(OC(=O)c2ccc3c(c2)OCO3)cc1. The van der Waals surface area contributed by atoms with Crippen LogP contribution in [-0.4, -0.2) is 18.5 Å². The first kappa shape index (κ1) is 17.5. The van der Waals surface area contributed by atoms with Crippen molar-refractivity contribution >= 4 is 17.8 Å². The predicted molar refractivity (Wildman–Crippen MR) is 104 cm³/mol. The molecule has 0 aromatic heterocycles. The first-order valence-electron chi connectivity index (χ1n) is 8.68. The second-order valence-corrected chi connectivity index (χ2v) is 6.09. The molecule has 3 aromatic rings. The predicted octanol–water partition coefficient (Wildman–Crippen LogP) is 4.53. The van der Waals surface area contributed by atoms with Gasteiger partial charge in [-0.3, -0.25) is 4.79 Å². The molecule has 5 heteroatoms. The highest BCUT2D eigenvalue weighted by Gasteiger charge is 2.17. The van der Waals surface area contributed by atoms with Crippen LogP contribution in [0, 0.1) is 0 Å². The molecule has 0 saturated carbocycles. The third kappa shape index (κ3) is 3.94. The lowest BCUT2D eigenvalue weighted by Gasteiger charge is -2.06. The summed E-state index contributed by atoms with van der Waals surface area (Å²) in [4.78, 5) is 24.6. The van der Waals surface area contributed by atoms with Gasteiger partial charge in [0.2, 0.25) is 6.79 Å². The highest BCUT2D eigenvalue weighted by atomic mass is 16.7. The smallest absolute Gasteiger partial charge is 0.343 e. The molecule has 138 valence electrons. The molecule has 0 bridgehead atoms. The molecule has 0 N–H and O–H groups in total. The fourth-order valence-corrected chi connectivity index (χ4v) is 2.71. The summed E-state index contributed by atoms with van der Waals surface area (Å²) in [6.45, 7) is 0.141. The summed E-state index contributed by atoms with van der Waals surface area (Å²) in [5.74, 6) is 0.827. The Morgan fingerprint density at radius 2 is 1.54 bits per heavy atom. The van der Waals surface area contributed by atoms with Crippen LogP contribution < -0.4 is 14.2 Å². The van der Waals surface area contributed by atoms with Crippen molar-refractivity contribution in [3.05, 3.63) is 95.6 Å². The third-order valence-corrected chi connectivity index (χ3v) is 4.18. The molecular formula is C23H16O5. The summed E-state index contributed by atoms with van der Waals surface area (Å²) in [7, 11) is 0. The molecule has 1 aliphatic rings. The van der Waals surface area contributed by atoms with E-state index >= 15 is 0 Å². The van der Waals surface area contributed by atoms with Crippen LogP contribution in [0.4, 0.5) is 0 Å². The number of ether oxygens (including phenoxy) is 3. The number of ketones is 1. The van der Waals surface area contributed by atoms with E-state index in [0.29, 0.717) is 28.4 Å². The number of benzene rings is 3. The van der Waals surface area contributed by atoms with E-state index < -0.39 is 5.97 Å². The lowest BCUT2D eigenvalue weighted by molar-refractivity contribution is 0.0734. The van der Waals surface area contributed by atoms with Crippen LogP contribution in [0.1, 0.15) is 26.3 Å². The number of rotatable bonds is 5. The van der Waals surface area contributed by atoms with Gasteiger partial charge in [0, 0.05) is 5.56 Å². The number of hydrogen-bond acceptors (Lipinski definition) is 5. The van der Waals surface area contributed by atoms with Gasteiger partial charge in [-0.05, 0) is 54.1 Å². The first-order chi connectivity index (χ1) is 13.7. The molecule has 0 unspecified atom stereocenters. The molecule has 0 fully saturated rings. The molecule has 28 heavy (non-hydrogen) atoms. The van der Waals surface area contributed by atoms with Crippen LogP contribution >= 0.6 is 0 Å². The maximum absolute atomic E-state index is 12.3. The average molecular weight is 372 g/mol. The van der Waals surface area contributed by atoms with E-state index in [1.807, 2.05) is 30.3 Å². The topological polar surface area (TPSA) is 61.8 Å². The van der Waals surface area contributed by atoms with Crippen molar-refractivity contribution in [1.82, 2.24) is 0 Å². The zero-order chi connectivity index (χ0) is 19.3. The van der Waals surface area contributed by atoms with Gasteiger partial charge in [0.1, 0.15) is 5.75 Å². The fourth-order valence-electron chi connectivity index (χ4n) is 2.71. The van der Waals surface area contributed by atoms with Crippen molar-refractivity contribution < 1.29 is 23.8 Å². The largest absolute Gasteiger partial charge is 0.454 e. The van der Waals surface area contributed by atoms with Gasteiger partial charge in [-0.2, -0.15) is 0 Å². The Bertz CT molecular complexity index is 1040. The van der Waals surface area contributed by atoms with Gasteiger partial charge in [-0.1, -0.05) is 36.4 Å². The van der Waals surface area contributed by atoms with E-state index in [0.717, 1.165) is 5.56 Å². The minimum Gasteiger partial charge on any atom is -0.454 e. The monoisotopic (exact) mass is 372 g/mol. The van der Waals surface area contributed by atoms with Crippen LogP contribution in [0.15, 0.2) is 78.9 Å². The molecule has 1 heterocycles. The lowest BCUT2D eigenvalue weighted by Crippen LogP contribution is -2.08. The Kier molecular flexibility index (Phi) is 4.89. The number of allylic oxidation sites excluding steroid dienone is 1. The third-order valence-electron chi connectivity index (χ3n) is 4.18. The molecule has 3 aromatic carbocycles. The van der Waals surface area contributed by atoms with Crippen LogP contribution in [0.2, 0.25) is 0 Å². The molecule has 5 nitrogen and oxygen atoms in total. The standard InChI is InChI=1S/C23H16O5/c24-20(12-6-16-4-2-1-3-5-16)17-7-10-19(11-8-17)28-23(25)18-9-13-21-22(14-18)27-15-26-21/h1-14H,15H2/b12-6+. The molecule has 0 aliphatic carbocycles. The highest BCUT2D eigenvalue weighted by molar-refractivity contribution is 6.06. The summed E-state index contributed by atoms with van der Waals surface area (Å²) in [6.07, 6.45) is 3.28. The van der Waals surface area contributed by atoms with Gasteiger partial charge in [0.15, 0.2) is 17.3 Å². The van der Waals surface area contributed by atoms with Crippen LogP contribution in [-0.2, 0) is 0 Å². The number of carbonyl (C=O) groups is 2. The molecule has 0 amide bonds. The molecule has 0 spiro atoms. The minimum absolute atomic E-state index is 0.127. The van der Waals surface area contributed by atoms with Gasteiger partial charge < -0.3 is 14.2 Å². The van der Waals surface area contributed by atoms with Gasteiger partial charge in [0.05, 0.1) is 5.56 Å². The van der Waals surface area contributed by atoms with Crippen molar-refractivity contribution in [1.29, 1.82) is 0 Å². The number of carbonyl (C=O) groups excluding carboxylic acids is 2. The van der Waals surface area contributed by atoms with E-state index in [1.54, 1.807) is 48.5 Å². The second-order valence-electron chi connectivity index (χ2n) is 6.09. The summed E-state index contributed by atoms with van der Waals surface area (Å²) < 4.78 is 15.8. The van der Waals surface area contributed by atoms with E-state index in [4.69, 9.17) is 14.2 Å². The molecule has 0 radical (unpaired) electrons. The number of hydrogen-bond donors (Lipinski definition) is 0. The highest BCUT2D eigenvalue weighted by Crippen LogP contribution is 2.32. The Morgan fingerprint density at radius 1 is 0.821 bits per heavy atom. The summed E-state index contributed by atoms with van der Waals surface area (Å²) in [6, 6.07) is 20.9. The normalized spacial score (nSPS) is 12.1. The zero-order valence-corrected chi connectivity index (χ0v) is 14.8. The summed E-state index contributed by atoms with van der Waals surface area (Å²) >= 11 is 0. The maximum atomic E-state index is 12.3. The van der Waals surface area contributed by atoms with Gasteiger partial charge in [0.25, 0.3) is 0 Å². The summed E-state index contributed by atoms with van der Waals surface area (Å²) in [5, 5.41) is 0. The van der Waals surface area contributed by atoms with Crippen LogP contribution in [0.5, 0.6) is 17.2 Å². The van der Waals surface area contributed by atoms with Crippen LogP contribution in [0.3, 0.4) is 0 Å². The fraction of sp³-hybridized carbons (Fsp3) is 0.0435. The maximum Gasteiger partial charge on any atom is 0.343 e. The van der Waals surface area contributed by atoms with E-state index in [2.05, 4.69) is 0 Å². The molecule has 4 rings (SSSR count). The van der Waals surface area contributed by atoms with Crippen molar-refractivity contribution in [3.8, 4) is 17.2 Å². The quantitative estimate of drug-likeness (QED) is 0.285. The number of fused-ring (bicyclic) bond motifs is 1. The van der Waals surface area contributed by atoms with Crippen LogP contribution in [0.25, 0.3) is 6.08 Å². The number of esters is 1. The van der Waals surface area contributed by atoms with Gasteiger partial charge in [-0.25, -0.2) is 4.79 Å². The average Bonchev–Trinajstić information content (AvgIpc) is 3.21. The molecular weight excluding hydrogens is 356 g/mol. The van der Waals surface area contributed by atoms with Gasteiger partial charge >= 0.3 is 5.97 Å². The second kappa shape index (κ2) is 7.80. The van der Waals surface area contributed by atoms with E-state index in [1.165, 1.54) is 6.08 Å². The Morgan fingerprint density at radius 3 is 2.32 bits per heavy atom. The summed E-state index contributed by atoms with van der Waals surface area (Å²) in [5.41, 5.74) is 1.82. The molecule has 1 aliphatic heterocycles. The van der Waals surface area contributed by atoms with Crippen molar-refractivity contribution in [2.24, 2.45) is 0 Å². The van der Waals surface area contributed by atoms with E-state index in [9.17, 15) is 9.59 Å². The van der Waals surface area contributed by atoms with Gasteiger partial charge in [-0.15, -0.1) is 0 Å². The molecule has 0 atom stereocenters. The van der Waals surface area contributed by atoms with E-state index in [-0.39, 0.29) is 12.6 Å². The minimum atomic E-state index is -0.513. The zero-order valence-electron chi connectivity index (χ0n) is 14.8. The van der Waals surface area contributed by atoms with Crippen molar-refractivity contribution in [2.75, 3.05) is 6.79 Å². The van der Waals surface area contributed by atoms with Crippen molar-refractivity contribution in [2.45, 2.75) is 0 Å². The first-order valence-corrected chi connectivity index (χ1v) is 8.68. The Labute approximate surface area is 161 Å². The Hall–Kier alpha value is -3.86. The lowest BCUT2D eigenvalue weighted by atomic mass is 10.1. The van der Waals surface area contributed by atoms with Crippen molar-refractivity contribution in [3.63, 3.8) is 0 Å². The Balaban J connectivity index is 1.41. The molecule has 0 saturated heterocycles.